The third kappa shape index (κ3) is 5.06. The molecule has 3 nitrogen and oxygen atoms in total. The van der Waals surface area contributed by atoms with Crippen LogP contribution in [0, 0.1) is 0 Å². The highest BCUT2D eigenvalue weighted by atomic mass is 16.5. The molecule has 2 aliphatic carbocycles. The minimum absolute atomic E-state index is 0.623. The van der Waals surface area contributed by atoms with Gasteiger partial charge in [-0.1, -0.05) is 188 Å². The van der Waals surface area contributed by atoms with E-state index in [1.54, 1.807) is 0 Å². The Balaban J connectivity index is 1.09. The molecular weight excluding hydrogens is 839 g/mol. The maximum absolute atomic E-state index is 7.01. The number of fused-ring (bicyclic) bond motifs is 16. The van der Waals surface area contributed by atoms with E-state index in [4.69, 9.17) is 9.15 Å². The molecule has 0 bridgehead atoms. The lowest BCUT2D eigenvalue weighted by molar-refractivity contribution is 0.436. The zero-order valence-corrected chi connectivity index (χ0v) is 37.4. The summed E-state index contributed by atoms with van der Waals surface area (Å²) in [4.78, 5) is 2.51. The Morgan fingerprint density at radius 1 is 0.333 bits per heavy atom. The molecule has 0 fully saturated rings. The number of benzene rings is 11. The third-order valence-corrected chi connectivity index (χ3v) is 15.4. The number of hydrogen-bond donors (Lipinski definition) is 0. The Kier molecular flexibility index (Phi) is 7.92. The van der Waals surface area contributed by atoms with Gasteiger partial charge in [0, 0.05) is 27.8 Å². The van der Waals surface area contributed by atoms with E-state index in [9.17, 15) is 0 Å². The quantitative estimate of drug-likeness (QED) is 0.172. The van der Waals surface area contributed by atoms with Crippen LogP contribution in [0.15, 0.2) is 253 Å². The minimum atomic E-state index is -0.646. The number of para-hydroxylation sites is 2. The molecule has 1 aromatic heterocycles. The van der Waals surface area contributed by atoms with Gasteiger partial charge in [0.2, 0.25) is 0 Å². The normalized spacial score (nSPS) is 14.1. The Morgan fingerprint density at radius 2 is 0.899 bits per heavy atom. The molecule has 3 aliphatic rings. The Bertz CT molecular complexity index is 3990. The zero-order chi connectivity index (χ0) is 45.3. The summed E-state index contributed by atoms with van der Waals surface area (Å²) in [5.74, 6) is 1.72. The molecule has 0 radical (unpaired) electrons. The Hall–Kier alpha value is -8.92. The summed E-state index contributed by atoms with van der Waals surface area (Å²) in [7, 11) is 0. The summed E-state index contributed by atoms with van der Waals surface area (Å²) in [5, 5.41) is 4.55. The van der Waals surface area contributed by atoms with E-state index in [1.807, 2.05) is 0 Å². The van der Waals surface area contributed by atoms with Gasteiger partial charge in [0.1, 0.15) is 22.7 Å². The van der Waals surface area contributed by atoms with Crippen LogP contribution >= 0.6 is 0 Å². The van der Waals surface area contributed by atoms with Gasteiger partial charge in [-0.25, -0.2) is 0 Å². The van der Waals surface area contributed by atoms with Gasteiger partial charge in [-0.05, 0) is 122 Å². The average Bonchev–Trinajstić information content (AvgIpc) is 4.04. The molecule has 15 rings (SSSR count). The lowest BCUT2D eigenvalue weighted by atomic mass is 9.66. The van der Waals surface area contributed by atoms with Gasteiger partial charge < -0.3 is 14.1 Å². The van der Waals surface area contributed by atoms with Crippen LogP contribution in [0.5, 0.6) is 11.5 Å². The molecule has 0 N–H and O–H groups in total. The molecular formula is C66H41NO2. The van der Waals surface area contributed by atoms with Crippen LogP contribution in [-0.2, 0) is 10.8 Å². The van der Waals surface area contributed by atoms with Crippen LogP contribution in [0.4, 0.5) is 17.1 Å². The SMILES string of the molecule is c1ccc(C2(c3ccccc3)c3cc4ccccc4cc3-c3c(N(c4ccc5c(c4)C4(c6ccccc6O5)c5ccccc5-c5ccccc54)c4cccc5oc6ccccc6c45)cccc32)cc1. The van der Waals surface area contributed by atoms with Gasteiger partial charge in [0.15, 0.2) is 0 Å². The first-order chi connectivity index (χ1) is 34.2. The summed E-state index contributed by atoms with van der Waals surface area (Å²) >= 11 is 0. The maximum atomic E-state index is 7.01. The molecule has 1 spiro atoms. The van der Waals surface area contributed by atoms with Crippen molar-refractivity contribution >= 4 is 49.8 Å². The van der Waals surface area contributed by atoms with Gasteiger partial charge >= 0.3 is 0 Å². The van der Waals surface area contributed by atoms with Gasteiger partial charge in [-0.3, -0.25) is 0 Å². The summed E-state index contributed by atoms with van der Waals surface area (Å²) in [6.07, 6.45) is 0. The first-order valence-corrected chi connectivity index (χ1v) is 23.8. The molecule has 322 valence electrons. The van der Waals surface area contributed by atoms with E-state index in [1.165, 1.54) is 66.4 Å². The summed E-state index contributed by atoms with van der Waals surface area (Å²) in [5.41, 5.74) is 18.2. The van der Waals surface area contributed by atoms with Gasteiger partial charge in [-0.2, -0.15) is 0 Å². The molecule has 1 aliphatic heterocycles. The molecule has 11 aromatic carbocycles. The number of anilines is 3. The van der Waals surface area contributed by atoms with Gasteiger partial charge in [0.05, 0.1) is 27.6 Å². The minimum Gasteiger partial charge on any atom is -0.457 e. The van der Waals surface area contributed by atoms with Crippen LogP contribution in [0.1, 0.15) is 44.5 Å². The van der Waals surface area contributed by atoms with Crippen molar-refractivity contribution in [3.63, 3.8) is 0 Å². The second-order valence-electron chi connectivity index (χ2n) is 18.6. The molecule has 69 heavy (non-hydrogen) atoms. The monoisotopic (exact) mass is 879 g/mol. The standard InChI is InChI=1S/C66H41NO2/c1-3-21-44(22-4-1)65(45-23-5-2-6-24-45)54-31-17-32-57(63(54)50-39-42-19-7-8-20-43(42)40-55(50)65)67(58-33-18-36-62-64(58)49-27-11-15-34-59(49)68-62)46-37-38-61-56(41-46)66(53-30-14-16-35-60(53)69-61)51-28-12-9-25-47(51)48-26-10-13-29-52(48)66/h1-41H. The van der Waals surface area contributed by atoms with Gasteiger partial charge in [-0.15, -0.1) is 0 Å². The predicted molar refractivity (Wildman–Crippen MR) is 281 cm³/mol. The van der Waals surface area contributed by atoms with Crippen molar-refractivity contribution in [3.8, 4) is 33.8 Å². The molecule has 0 unspecified atom stereocenters. The molecule has 2 heterocycles. The topological polar surface area (TPSA) is 25.6 Å². The number of rotatable bonds is 5. The zero-order valence-electron chi connectivity index (χ0n) is 37.4. The van der Waals surface area contributed by atoms with Crippen LogP contribution in [0.2, 0.25) is 0 Å². The van der Waals surface area contributed by atoms with E-state index >= 15 is 0 Å². The predicted octanol–water partition coefficient (Wildman–Crippen LogP) is 17.0. The highest BCUT2D eigenvalue weighted by Gasteiger charge is 2.52. The summed E-state index contributed by atoms with van der Waals surface area (Å²) < 4.78 is 13.7. The van der Waals surface area contributed by atoms with Crippen LogP contribution in [0.25, 0.3) is 55.0 Å². The maximum Gasteiger partial charge on any atom is 0.137 e. The largest absolute Gasteiger partial charge is 0.457 e. The van der Waals surface area contributed by atoms with Crippen LogP contribution < -0.4 is 9.64 Å². The van der Waals surface area contributed by atoms with Crippen molar-refractivity contribution < 1.29 is 9.15 Å². The van der Waals surface area contributed by atoms with Crippen molar-refractivity contribution in [1.29, 1.82) is 0 Å². The second kappa shape index (κ2) is 14.3. The summed E-state index contributed by atoms with van der Waals surface area (Å²) in [6.45, 7) is 0. The van der Waals surface area contributed by atoms with Crippen molar-refractivity contribution in [3.05, 3.63) is 293 Å². The molecule has 0 atom stereocenters. The van der Waals surface area contributed by atoms with Crippen LogP contribution in [0.3, 0.4) is 0 Å². The smallest absolute Gasteiger partial charge is 0.137 e. The third-order valence-electron chi connectivity index (χ3n) is 15.4. The molecule has 3 heteroatoms. The molecule has 0 saturated carbocycles. The first-order valence-electron chi connectivity index (χ1n) is 23.8. The van der Waals surface area contributed by atoms with Crippen molar-refractivity contribution in [1.82, 2.24) is 0 Å². The number of nitrogens with zero attached hydrogens (tertiary/aromatic N) is 1. The number of hydrogen-bond acceptors (Lipinski definition) is 3. The highest BCUT2D eigenvalue weighted by molar-refractivity contribution is 6.14. The van der Waals surface area contributed by atoms with Gasteiger partial charge in [0.25, 0.3) is 0 Å². The summed E-state index contributed by atoms with van der Waals surface area (Å²) in [6, 6.07) is 91.2. The van der Waals surface area contributed by atoms with Crippen molar-refractivity contribution in [2.45, 2.75) is 10.8 Å². The lowest BCUT2D eigenvalue weighted by Gasteiger charge is -2.40. The Labute approximate surface area is 399 Å². The van der Waals surface area contributed by atoms with Crippen LogP contribution in [-0.4, -0.2) is 0 Å². The van der Waals surface area contributed by atoms with E-state index in [0.717, 1.165) is 61.6 Å². The van der Waals surface area contributed by atoms with E-state index < -0.39 is 10.8 Å². The van der Waals surface area contributed by atoms with Crippen molar-refractivity contribution in [2.75, 3.05) is 4.90 Å². The van der Waals surface area contributed by atoms with E-state index in [2.05, 4.69) is 254 Å². The molecule has 12 aromatic rings. The fraction of sp³-hybridized carbons (Fsp3) is 0.0303. The first kappa shape index (κ1) is 38.2. The highest BCUT2D eigenvalue weighted by Crippen LogP contribution is 2.64. The van der Waals surface area contributed by atoms with E-state index in [-0.39, 0.29) is 0 Å². The molecule has 0 amide bonds. The fourth-order valence-electron chi connectivity index (χ4n) is 12.7. The van der Waals surface area contributed by atoms with E-state index in [0.29, 0.717) is 0 Å². The average molecular weight is 880 g/mol. The Morgan fingerprint density at radius 3 is 1.65 bits per heavy atom. The number of ether oxygens (including phenoxy) is 1. The second-order valence-corrected chi connectivity index (χ2v) is 18.6. The van der Waals surface area contributed by atoms with Crippen molar-refractivity contribution in [2.24, 2.45) is 0 Å². The number of furan rings is 1. The molecule has 0 saturated heterocycles. The lowest BCUT2D eigenvalue weighted by Crippen LogP contribution is -2.32. The fourth-order valence-corrected chi connectivity index (χ4v) is 12.7.